The highest BCUT2D eigenvalue weighted by atomic mass is 14.2. The predicted molar refractivity (Wildman–Crippen MR) is 58.9 cm³/mol. The zero-order valence-electron chi connectivity index (χ0n) is 8.96. The molecule has 0 nitrogen and oxygen atoms in total. The van der Waals surface area contributed by atoms with Gasteiger partial charge in [-0.1, -0.05) is 57.5 Å². The summed E-state index contributed by atoms with van der Waals surface area (Å²) in [5, 5.41) is 0. The predicted octanol–water partition coefficient (Wildman–Crippen LogP) is 4.23. The molecule has 0 aliphatic rings. The summed E-state index contributed by atoms with van der Waals surface area (Å²) in [4.78, 5) is 0. The van der Waals surface area contributed by atoms with Gasteiger partial charge in [0.1, 0.15) is 0 Å². The molecular weight excluding hydrogens is 156 g/mol. The lowest BCUT2D eigenvalue weighted by atomic mass is 9.84. The Balaban J connectivity index is 2.78. The molecule has 1 unspecified atom stereocenters. The zero-order chi connectivity index (χ0) is 9.68. The fraction of sp³-hybridized carbons (Fsp3) is 0.538. The van der Waals surface area contributed by atoms with Gasteiger partial charge in [-0.15, -0.1) is 0 Å². The van der Waals surface area contributed by atoms with Crippen molar-refractivity contribution in [3.05, 3.63) is 35.9 Å². The smallest absolute Gasteiger partial charge is 0.0139 e. The van der Waals surface area contributed by atoms with Gasteiger partial charge >= 0.3 is 0 Å². The van der Waals surface area contributed by atoms with E-state index in [0.29, 0.717) is 0 Å². The van der Waals surface area contributed by atoms with E-state index in [-0.39, 0.29) is 0 Å². The topological polar surface area (TPSA) is 0 Å². The van der Waals surface area contributed by atoms with E-state index in [4.69, 9.17) is 0 Å². The summed E-state index contributed by atoms with van der Waals surface area (Å²) in [5.74, 6) is 1.54. The molecule has 0 aromatic heterocycles. The Morgan fingerprint density at radius 3 is 2.08 bits per heavy atom. The van der Waals surface area contributed by atoms with E-state index in [0.717, 1.165) is 11.8 Å². The van der Waals surface area contributed by atoms with Crippen LogP contribution in [0.3, 0.4) is 0 Å². The first-order valence-corrected chi connectivity index (χ1v) is 5.34. The first kappa shape index (κ1) is 10.3. The van der Waals surface area contributed by atoms with Gasteiger partial charge in [0.05, 0.1) is 0 Å². The molecule has 72 valence electrons. The van der Waals surface area contributed by atoms with Crippen molar-refractivity contribution < 1.29 is 0 Å². The standard InChI is InChI=1S/C13H20/c1-4-11(3)13(5-2)12-9-7-6-8-10-12/h6-11,13H,4-5H2,1-3H3/t11?,13-/m0/s1. The third-order valence-corrected chi connectivity index (χ3v) is 3.00. The molecule has 0 fully saturated rings. The molecule has 2 atom stereocenters. The molecule has 0 saturated heterocycles. The van der Waals surface area contributed by atoms with Gasteiger partial charge in [-0.3, -0.25) is 0 Å². The third kappa shape index (κ3) is 2.58. The fourth-order valence-electron chi connectivity index (χ4n) is 1.95. The molecule has 0 bridgehead atoms. The van der Waals surface area contributed by atoms with Gasteiger partial charge in [0.25, 0.3) is 0 Å². The number of hydrogen-bond acceptors (Lipinski definition) is 0. The average Bonchev–Trinajstić information content (AvgIpc) is 2.20. The minimum Gasteiger partial charge on any atom is -0.0651 e. The van der Waals surface area contributed by atoms with Crippen LogP contribution in [-0.2, 0) is 0 Å². The third-order valence-electron chi connectivity index (χ3n) is 3.00. The second-order valence-corrected chi connectivity index (χ2v) is 3.81. The molecule has 0 amide bonds. The highest BCUT2D eigenvalue weighted by Crippen LogP contribution is 2.29. The van der Waals surface area contributed by atoms with Crippen LogP contribution in [0.1, 0.15) is 45.1 Å². The fourth-order valence-corrected chi connectivity index (χ4v) is 1.95. The Hall–Kier alpha value is -0.780. The van der Waals surface area contributed by atoms with Crippen molar-refractivity contribution in [2.24, 2.45) is 5.92 Å². The molecule has 1 aromatic carbocycles. The van der Waals surface area contributed by atoms with Crippen LogP contribution in [0.15, 0.2) is 30.3 Å². The highest BCUT2D eigenvalue weighted by molar-refractivity contribution is 5.19. The summed E-state index contributed by atoms with van der Waals surface area (Å²) in [6.07, 6.45) is 2.52. The maximum Gasteiger partial charge on any atom is -0.0139 e. The average molecular weight is 176 g/mol. The molecule has 0 heteroatoms. The maximum atomic E-state index is 2.35. The molecule has 0 heterocycles. The van der Waals surface area contributed by atoms with E-state index < -0.39 is 0 Å². The van der Waals surface area contributed by atoms with Crippen LogP contribution in [0, 0.1) is 5.92 Å². The van der Waals surface area contributed by atoms with Crippen LogP contribution < -0.4 is 0 Å². The van der Waals surface area contributed by atoms with E-state index in [1.165, 1.54) is 18.4 Å². The van der Waals surface area contributed by atoms with Crippen molar-refractivity contribution in [2.45, 2.75) is 39.5 Å². The summed E-state index contributed by atoms with van der Waals surface area (Å²) in [6.45, 7) is 6.90. The number of rotatable bonds is 4. The Morgan fingerprint density at radius 2 is 1.62 bits per heavy atom. The van der Waals surface area contributed by atoms with Crippen molar-refractivity contribution in [1.82, 2.24) is 0 Å². The summed E-state index contributed by atoms with van der Waals surface area (Å²) in [6, 6.07) is 10.9. The van der Waals surface area contributed by atoms with Crippen LogP contribution in [-0.4, -0.2) is 0 Å². The first-order chi connectivity index (χ1) is 6.29. The van der Waals surface area contributed by atoms with Gasteiger partial charge in [0, 0.05) is 0 Å². The van der Waals surface area contributed by atoms with Gasteiger partial charge in [-0.25, -0.2) is 0 Å². The van der Waals surface area contributed by atoms with Gasteiger partial charge in [-0.05, 0) is 23.8 Å². The van der Waals surface area contributed by atoms with Gasteiger partial charge in [0.15, 0.2) is 0 Å². The molecular formula is C13H20. The lowest BCUT2D eigenvalue weighted by Crippen LogP contribution is -2.07. The Kier molecular flexibility index (Phi) is 4.01. The quantitative estimate of drug-likeness (QED) is 0.644. The lowest BCUT2D eigenvalue weighted by Gasteiger charge is -2.21. The number of hydrogen-bond donors (Lipinski definition) is 0. The van der Waals surface area contributed by atoms with Crippen molar-refractivity contribution >= 4 is 0 Å². The van der Waals surface area contributed by atoms with E-state index in [2.05, 4.69) is 51.1 Å². The highest BCUT2D eigenvalue weighted by Gasteiger charge is 2.14. The van der Waals surface area contributed by atoms with Crippen LogP contribution in [0.2, 0.25) is 0 Å². The molecule has 0 saturated carbocycles. The lowest BCUT2D eigenvalue weighted by molar-refractivity contribution is 0.435. The molecule has 1 aromatic rings. The molecule has 0 N–H and O–H groups in total. The van der Waals surface area contributed by atoms with E-state index >= 15 is 0 Å². The second kappa shape index (κ2) is 5.06. The van der Waals surface area contributed by atoms with E-state index in [1.807, 2.05) is 0 Å². The minimum absolute atomic E-state index is 0.742. The van der Waals surface area contributed by atoms with E-state index in [1.54, 1.807) is 0 Å². The molecule has 0 radical (unpaired) electrons. The molecule has 0 aliphatic carbocycles. The Morgan fingerprint density at radius 1 is 1.00 bits per heavy atom. The molecule has 1 rings (SSSR count). The van der Waals surface area contributed by atoms with Gasteiger partial charge < -0.3 is 0 Å². The van der Waals surface area contributed by atoms with Crippen LogP contribution in [0.4, 0.5) is 0 Å². The van der Waals surface area contributed by atoms with Crippen LogP contribution in [0.25, 0.3) is 0 Å². The SMILES string of the molecule is CCC(C)[C@H](CC)c1ccccc1. The summed E-state index contributed by atoms with van der Waals surface area (Å²) in [7, 11) is 0. The number of benzene rings is 1. The summed E-state index contributed by atoms with van der Waals surface area (Å²) >= 11 is 0. The van der Waals surface area contributed by atoms with Crippen LogP contribution >= 0.6 is 0 Å². The van der Waals surface area contributed by atoms with Gasteiger partial charge in [-0.2, -0.15) is 0 Å². The molecule has 13 heavy (non-hydrogen) atoms. The zero-order valence-corrected chi connectivity index (χ0v) is 8.96. The van der Waals surface area contributed by atoms with Gasteiger partial charge in [0.2, 0.25) is 0 Å². The van der Waals surface area contributed by atoms with Crippen molar-refractivity contribution in [1.29, 1.82) is 0 Å². The normalized spacial score (nSPS) is 15.3. The van der Waals surface area contributed by atoms with Crippen molar-refractivity contribution in [3.63, 3.8) is 0 Å². The Bertz CT molecular complexity index is 225. The molecule has 0 spiro atoms. The van der Waals surface area contributed by atoms with E-state index in [9.17, 15) is 0 Å². The second-order valence-electron chi connectivity index (χ2n) is 3.81. The largest absolute Gasteiger partial charge is 0.0651 e. The minimum atomic E-state index is 0.742. The summed E-state index contributed by atoms with van der Waals surface area (Å²) < 4.78 is 0. The molecule has 0 aliphatic heterocycles. The maximum absolute atomic E-state index is 2.35. The monoisotopic (exact) mass is 176 g/mol. The van der Waals surface area contributed by atoms with Crippen molar-refractivity contribution in [2.75, 3.05) is 0 Å². The van der Waals surface area contributed by atoms with Crippen molar-refractivity contribution in [3.8, 4) is 0 Å². The Labute approximate surface area is 82.0 Å². The van der Waals surface area contributed by atoms with Crippen LogP contribution in [0.5, 0.6) is 0 Å². The first-order valence-electron chi connectivity index (χ1n) is 5.34. The summed E-state index contributed by atoms with van der Waals surface area (Å²) in [5.41, 5.74) is 1.50.